The highest BCUT2D eigenvalue weighted by atomic mass is 28.5. The van der Waals surface area contributed by atoms with Gasteiger partial charge in [0.15, 0.2) is 16.6 Å². The molecule has 0 aliphatic heterocycles. The lowest BCUT2D eigenvalue weighted by molar-refractivity contribution is 0.229. The zero-order chi connectivity index (χ0) is 40.4. The second kappa shape index (κ2) is 34.2. The fraction of sp³-hybridized carbons (Fsp3) is 1.00. The summed E-state index contributed by atoms with van der Waals surface area (Å²) in [6.45, 7) is 19.0. The summed E-state index contributed by atoms with van der Waals surface area (Å²) in [5.74, 6) is 0. The quantitative estimate of drug-likeness (QED) is 0.0447. The smallest absolute Gasteiger partial charge is 0.531 e. The van der Waals surface area contributed by atoms with Gasteiger partial charge in [0.1, 0.15) is 0 Å². The largest absolute Gasteiger partial charge is 0.739 e. The van der Waals surface area contributed by atoms with E-state index in [1.54, 1.807) is 14.2 Å². The fourth-order valence-corrected chi connectivity index (χ4v) is 29.3. The average molecular weight is 852 g/mol. The molecule has 0 N–H and O–H groups in total. The van der Waals surface area contributed by atoms with Gasteiger partial charge >= 0.3 is 26.3 Å². The third-order valence-electron chi connectivity index (χ3n) is 10.9. The minimum Gasteiger partial charge on any atom is -0.531 e. The maximum atomic E-state index is 13.4. The summed E-state index contributed by atoms with van der Waals surface area (Å²) in [6.07, 6.45) is 37.9. The molecule has 2 unspecified atom stereocenters. The highest BCUT2D eigenvalue weighted by Crippen LogP contribution is 2.27. The Kier molecular flexibility index (Phi) is 34.4. The van der Waals surface area contributed by atoms with E-state index < -0.39 is 42.9 Å². The fourth-order valence-electron chi connectivity index (χ4n) is 7.61. The molecule has 0 saturated carbocycles. The van der Waals surface area contributed by atoms with E-state index in [0.29, 0.717) is 11.3 Å². The van der Waals surface area contributed by atoms with Crippen LogP contribution in [-0.4, -0.2) is 70.4 Å². The lowest BCUT2D eigenvalue weighted by Gasteiger charge is -2.35. The number of rotatable bonds is 42. The normalized spacial score (nSPS) is 14.6. The molecular formula is C42H94O7Si5. The van der Waals surface area contributed by atoms with E-state index in [2.05, 4.69) is 40.0 Å². The molecule has 324 valence electrons. The predicted molar refractivity (Wildman–Crippen MR) is 243 cm³/mol. The van der Waals surface area contributed by atoms with Crippen LogP contribution in [0.15, 0.2) is 0 Å². The van der Waals surface area contributed by atoms with Crippen molar-refractivity contribution in [2.45, 2.75) is 244 Å². The van der Waals surface area contributed by atoms with Crippen LogP contribution in [0.1, 0.15) is 194 Å². The second-order valence-electron chi connectivity index (χ2n) is 17.9. The van der Waals surface area contributed by atoms with Gasteiger partial charge in [-0.1, -0.05) is 181 Å². The van der Waals surface area contributed by atoms with E-state index in [0.717, 1.165) is 26.1 Å². The molecule has 0 spiro atoms. The molecule has 0 radical (unpaired) electrons. The van der Waals surface area contributed by atoms with Crippen molar-refractivity contribution in [2.75, 3.05) is 27.4 Å². The zero-order valence-corrected chi connectivity index (χ0v) is 43.0. The Morgan fingerprint density at radius 1 is 0.370 bits per heavy atom. The summed E-state index contributed by atoms with van der Waals surface area (Å²) in [6, 6.07) is 0. The van der Waals surface area contributed by atoms with Crippen molar-refractivity contribution in [3.8, 4) is 0 Å². The van der Waals surface area contributed by atoms with Gasteiger partial charge in [0.2, 0.25) is 0 Å². The Balaban J connectivity index is 4.28. The van der Waals surface area contributed by atoms with Crippen LogP contribution in [0.5, 0.6) is 0 Å². The number of hydrogen-bond donors (Lipinski definition) is 0. The van der Waals surface area contributed by atoms with Gasteiger partial charge in [0.05, 0.1) is 0 Å². The highest BCUT2D eigenvalue weighted by Gasteiger charge is 2.48. The van der Waals surface area contributed by atoms with Crippen molar-refractivity contribution in [3.05, 3.63) is 0 Å². The van der Waals surface area contributed by atoms with Crippen molar-refractivity contribution in [3.63, 3.8) is 0 Å². The molecule has 0 aromatic heterocycles. The van der Waals surface area contributed by atoms with Gasteiger partial charge in [-0.15, -0.1) is 0 Å². The van der Waals surface area contributed by atoms with Crippen LogP contribution in [0.2, 0.25) is 50.6 Å². The minimum absolute atomic E-state index is 0.711. The lowest BCUT2D eigenvalue weighted by Crippen LogP contribution is -2.53. The molecule has 12 heteroatoms. The third kappa shape index (κ3) is 33.3. The molecule has 0 aromatic carbocycles. The minimum atomic E-state index is -2.81. The topological polar surface area (TPSA) is 72.5 Å². The molecule has 0 heterocycles. The van der Waals surface area contributed by atoms with Crippen LogP contribution >= 0.6 is 0 Å². The highest BCUT2D eigenvalue weighted by molar-refractivity contribution is 6.91. The first-order chi connectivity index (χ1) is 25.8. The van der Waals surface area contributed by atoms with E-state index in [1.807, 2.05) is 13.1 Å². The first-order valence-electron chi connectivity index (χ1n) is 23.1. The molecular weight excluding hydrogens is 757 g/mol. The van der Waals surface area contributed by atoms with Gasteiger partial charge in [-0.05, 0) is 52.1 Å². The Bertz CT molecular complexity index is 803. The summed E-state index contributed by atoms with van der Waals surface area (Å²) >= 11 is 0. The van der Waals surface area contributed by atoms with Gasteiger partial charge in [0.25, 0.3) is 0 Å². The first-order valence-corrected chi connectivity index (χ1v) is 35.6. The van der Waals surface area contributed by atoms with Gasteiger partial charge in [0, 0.05) is 38.8 Å². The van der Waals surface area contributed by atoms with Crippen LogP contribution in [0.3, 0.4) is 0 Å². The molecule has 0 aromatic rings. The molecule has 7 nitrogen and oxygen atoms in total. The number of hydrogen-bond acceptors (Lipinski definition) is 7. The Labute approximate surface area is 343 Å². The van der Waals surface area contributed by atoms with Crippen LogP contribution in [0, 0.1) is 0 Å². The molecule has 0 bridgehead atoms. The van der Waals surface area contributed by atoms with Crippen LogP contribution < -0.4 is 0 Å². The Morgan fingerprint density at radius 2 is 0.593 bits per heavy atom. The molecule has 0 saturated heterocycles. The lowest BCUT2D eigenvalue weighted by atomic mass is 10.0. The van der Waals surface area contributed by atoms with Crippen molar-refractivity contribution < 1.29 is 30.4 Å². The van der Waals surface area contributed by atoms with Crippen molar-refractivity contribution in [1.29, 1.82) is 0 Å². The Morgan fingerprint density at radius 3 is 0.815 bits per heavy atom. The van der Waals surface area contributed by atoms with Gasteiger partial charge < -0.3 is 25.9 Å². The van der Waals surface area contributed by atoms with Crippen molar-refractivity contribution >= 4 is 42.9 Å². The van der Waals surface area contributed by atoms with Crippen molar-refractivity contribution in [2.24, 2.45) is 0 Å². The standard InChI is InChI=1S/C42H94O7Si5/c1-11-13-15-17-19-21-23-25-27-29-31-33-35-37-39-46-51(5,6)41-53(9,44-3)48-50(43)49-54(10,45-4)42-52(7,8)47-40-38-36-34-32-30-28-26-24-22-20-18-16-14-12-2/h11-42H2,1-10H3. The van der Waals surface area contributed by atoms with Crippen molar-refractivity contribution in [1.82, 2.24) is 0 Å². The van der Waals surface area contributed by atoms with Gasteiger partial charge in [-0.3, -0.25) is 4.46 Å². The molecule has 0 aliphatic rings. The summed E-state index contributed by atoms with van der Waals surface area (Å²) in [5.41, 5.74) is 1.42. The molecule has 54 heavy (non-hydrogen) atoms. The summed E-state index contributed by atoms with van der Waals surface area (Å²) in [5, 5.41) is 0. The molecule has 0 fully saturated rings. The van der Waals surface area contributed by atoms with Crippen LogP contribution in [0.4, 0.5) is 0 Å². The molecule has 0 amide bonds. The molecule has 0 rings (SSSR count). The predicted octanol–water partition coefficient (Wildman–Crippen LogP) is 14.4. The maximum Gasteiger partial charge on any atom is 0.739 e. The van der Waals surface area contributed by atoms with Gasteiger partial charge in [-0.2, -0.15) is 0 Å². The third-order valence-corrected chi connectivity index (χ3v) is 31.4. The van der Waals surface area contributed by atoms with Crippen LogP contribution in [-0.2, 0) is 30.4 Å². The zero-order valence-electron chi connectivity index (χ0n) is 38.0. The Hall–Kier alpha value is 0.324. The summed E-state index contributed by atoms with van der Waals surface area (Å²) in [4.78, 5) is 0. The van der Waals surface area contributed by atoms with Crippen LogP contribution in [0.25, 0.3) is 0 Å². The van der Waals surface area contributed by atoms with Gasteiger partial charge in [-0.25, -0.2) is 0 Å². The summed E-state index contributed by atoms with van der Waals surface area (Å²) < 4.78 is 50.5. The molecule has 0 aliphatic carbocycles. The monoisotopic (exact) mass is 851 g/mol. The second-order valence-corrected chi connectivity index (χ2v) is 35.8. The SMILES string of the molecule is CCCCCCCCCCCCCCCCO[Si](C)(C)C[Si](C)(OC)O[Si](=O)O[Si](C)(C[Si](C)(C)OCCCCCCCCCCCCCCCC)OC. The number of unbranched alkanes of at least 4 members (excludes halogenated alkanes) is 26. The van der Waals surface area contributed by atoms with E-state index in [4.69, 9.17) is 25.9 Å². The van der Waals surface area contributed by atoms with E-state index >= 15 is 0 Å². The van der Waals surface area contributed by atoms with E-state index in [1.165, 1.54) is 167 Å². The first kappa shape index (κ1) is 54.3. The molecule has 2 atom stereocenters. The summed E-state index contributed by atoms with van der Waals surface area (Å²) in [7, 11) is -9.15. The average Bonchev–Trinajstić information content (AvgIpc) is 3.10. The maximum absolute atomic E-state index is 13.4. The van der Waals surface area contributed by atoms with E-state index in [9.17, 15) is 4.46 Å². The van der Waals surface area contributed by atoms with E-state index in [-0.39, 0.29) is 0 Å².